The molecule has 0 aromatic carbocycles. The first kappa shape index (κ1) is 12.9. The van der Waals surface area contributed by atoms with Crippen LogP contribution in [0, 0.1) is 5.92 Å². The Morgan fingerprint density at radius 2 is 2.07 bits per heavy atom. The lowest BCUT2D eigenvalue weighted by Gasteiger charge is -2.05. The fourth-order valence-corrected chi connectivity index (χ4v) is 1.18. The predicted molar refractivity (Wildman–Crippen MR) is 59.2 cm³/mol. The summed E-state index contributed by atoms with van der Waals surface area (Å²) >= 11 is 0. The zero-order valence-corrected chi connectivity index (χ0v) is 9.29. The van der Waals surface area contributed by atoms with Gasteiger partial charge in [-0.25, -0.2) is 4.79 Å². The first-order valence-electron chi connectivity index (χ1n) is 5.05. The van der Waals surface area contributed by atoms with E-state index in [2.05, 4.69) is 26.8 Å². The number of rotatable bonds is 6. The second-order valence-corrected chi connectivity index (χ2v) is 3.94. The molecular formula is C12H20O2. The Hall–Kier alpha value is -1.05. The molecule has 2 heteroatoms. The smallest absolute Gasteiger partial charge is 0.327 e. The molecule has 0 spiro atoms. The molecule has 2 nitrogen and oxygen atoms in total. The molecular weight excluding hydrogens is 176 g/mol. The molecule has 0 aliphatic carbocycles. The number of hydrogen-bond donors (Lipinski definition) is 1. The molecule has 0 unspecified atom stereocenters. The van der Waals surface area contributed by atoms with E-state index in [1.807, 2.05) is 0 Å². The van der Waals surface area contributed by atoms with Crippen molar-refractivity contribution in [3.8, 4) is 0 Å². The summed E-state index contributed by atoms with van der Waals surface area (Å²) in [6.45, 7) is 6.33. The minimum absolute atomic E-state index is 0.557. The van der Waals surface area contributed by atoms with Gasteiger partial charge >= 0.3 is 5.97 Å². The molecule has 0 aliphatic heterocycles. The Morgan fingerprint density at radius 1 is 1.43 bits per heavy atom. The zero-order chi connectivity index (χ0) is 11.0. The van der Waals surface area contributed by atoms with Gasteiger partial charge in [-0.15, -0.1) is 0 Å². The average Bonchev–Trinajstić information content (AvgIpc) is 2.02. The van der Waals surface area contributed by atoms with E-state index in [9.17, 15) is 4.79 Å². The molecule has 0 fully saturated rings. The Morgan fingerprint density at radius 3 is 2.57 bits per heavy atom. The van der Waals surface area contributed by atoms with Crippen molar-refractivity contribution in [1.29, 1.82) is 0 Å². The lowest BCUT2D eigenvalue weighted by Crippen LogP contribution is -1.93. The van der Waals surface area contributed by atoms with Crippen molar-refractivity contribution in [2.45, 2.75) is 40.0 Å². The summed E-state index contributed by atoms with van der Waals surface area (Å²) < 4.78 is 0. The molecule has 80 valence electrons. The van der Waals surface area contributed by atoms with Crippen molar-refractivity contribution >= 4 is 5.97 Å². The van der Waals surface area contributed by atoms with Crippen molar-refractivity contribution < 1.29 is 9.90 Å². The van der Waals surface area contributed by atoms with E-state index in [1.54, 1.807) is 6.08 Å². The highest BCUT2D eigenvalue weighted by Crippen LogP contribution is 2.12. The summed E-state index contributed by atoms with van der Waals surface area (Å²) in [5, 5.41) is 8.38. The van der Waals surface area contributed by atoms with Gasteiger partial charge in [0.15, 0.2) is 0 Å². The highest BCUT2D eigenvalue weighted by molar-refractivity contribution is 5.79. The highest BCUT2D eigenvalue weighted by Gasteiger charge is 1.98. The molecule has 0 bridgehead atoms. The van der Waals surface area contributed by atoms with Gasteiger partial charge in [0, 0.05) is 6.08 Å². The lowest BCUT2D eigenvalue weighted by atomic mass is 10.0. The minimum Gasteiger partial charge on any atom is -0.478 e. The van der Waals surface area contributed by atoms with Gasteiger partial charge in [-0.2, -0.15) is 0 Å². The normalized spacial score (nSPS) is 12.8. The standard InChI is InChI=1S/C12H20O2/c1-10(2)6-4-7-11(3)8-5-9-12(13)14/h5-6,9,11H,4,7-8H2,1-3H3,(H,13,14)/b9-5+/t11-/m1/s1. The van der Waals surface area contributed by atoms with E-state index in [4.69, 9.17) is 5.11 Å². The first-order chi connectivity index (χ1) is 6.52. The quantitative estimate of drug-likeness (QED) is 0.522. The number of carboxylic acid groups (broad SMARTS) is 1. The van der Waals surface area contributed by atoms with Gasteiger partial charge in [-0.3, -0.25) is 0 Å². The Bertz CT molecular complexity index is 222. The molecule has 0 amide bonds. The third-order valence-corrected chi connectivity index (χ3v) is 2.01. The van der Waals surface area contributed by atoms with Gasteiger partial charge in [-0.05, 0) is 39.0 Å². The lowest BCUT2D eigenvalue weighted by molar-refractivity contribution is -0.131. The molecule has 0 aromatic heterocycles. The van der Waals surface area contributed by atoms with Crippen LogP contribution in [0.3, 0.4) is 0 Å². The van der Waals surface area contributed by atoms with Gasteiger partial charge in [-0.1, -0.05) is 24.6 Å². The Balaban J connectivity index is 3.61. The van der Waals surface area contributed by atoms with E-state index in [1.165, 1.54) is 11.6 Å². The van der Waals surface area contributed by atoms with Crippen LogP contribution in [0.2, 0.25) is 0 Å². The summed E-state index contributed by atoms with van der Waals surface area (Å²) in [7, 11) is 0. The molecule has 0 saturated carbocycles. The molecule has 0 aromatic rings. The van der Waals surface area contributed by atoms with Crippen LogP contribution < -0.4 is 0 Å². The molecule has 0 rings (SSSR count). The van der Waals surface area contributed by atoms with Gasteiger partial charge in [0.1, 0.15) is 0 Å². The largest absolute Gasteiger partial charge is 0.478 e. The Labute approximate surface area is 86.3 Å². The fraction of sp³-hybridized carbons (Fsp3) is 0.583. The molecule has 1 N–H and O–H groups in total. The van der Waals surface area contributed by atoms with Gasteiger partial charge in [0.05, 0.1) is 0 Å². The second kappa shape index (κ2) is 7.36. The second-order valence-electron chi connectivity index (χ2n) is 3.94. The molecule has 0 radical (unpaired) electrons. The van der Waals surface area contributed by atoms with Crippen LogP contribution in [0.1, 0.15) is 40.0 Å². The van der Waals surface area contributed by atoms with Crippen LogP contribution in [0.25, 0.3) is 0 Å². The molecule has 0 aliphatic rings. The van der Waals surface area contributed by atoms with Crippen LogP contribution >= 0.6 is 0 Å². The van der Waals surface area contributed by atoms with Crippen LogP contribution in [-0.2, 0) is 4.79 Å². The van der Waals surface area contributed by atoms with E-state index in [0.717, 1.165) is 19.3 Å². The maximum absolute atomic E-state index is 10.2. The monoisotopic (exact) mass is 196 g/mol. The van der Waals surface area contributed by atoms with Gasteiger partial charge in [0.2, 0.25) is 0 Å². The molecule has 0 saturated heterocycles. The van der Waals surface area contributed by atoms with E-state index >= 15 is 0 Å². The maximum Gasteiger partial charge on any atom is 0.327 e. The fourth-order valence-electron chi connectivity index (χ4n) is 1.18. The summed E-state index contributed by atoms with van der Waals surface area (Å²) in [4.78, 5) is 10.2. The summed E-state index contributed by atoms with van der Waals surface area (Å²) in [6, 6.07) is 0. The van der Waals surface area contributed by atoms with Crippen molar-refractivity contribution in [2.24, 2.45) is 5.92 Å². The van der Waals surface area contributed by atoms with Gasteiger partial charge < -0.3 is 5.11 Å². The van der Waals surface area contributed by atoms with Crippen LogP contribution in [-0.4, -0.2) is 11.1 Å². The maximum atomic E-state index is 10.2. The molecule has 1 atom stereocenters. The minimum atomic E-state index is -0.860. The predicted octanol–water partition coefficient (Wildman–Crippen LogP) is 3.40. The van der Waals surface area contributed by atoms with Crippen molar-refractivity contribution in [3.63, 3.8) is 0 Å². The zero-order valence-electron chi connectivity index (χ0n) is 9.29. The van der Waals surface area contributed by atoms with Gasteiger partial charge in [0.25, 0.3) is 0 Å². The summed E-state index contributed by atoms with van der Waals surface area (Å²) in [6.07, 6.45) is 8.23. The number of carboxylic acids is 1. The van der Waals surface area contributed by atoms with Crippen molar-refractivity contribution in [1.82, 2.24) is 0 Å². The third-order valence-electron chi connectivity index (χ3n) is 2.01. The van der Waals surface area contributed by atoms with Crippen molar-refractivity contribution in [3.05, 3.63) is 23.8 Å². The van der Waals surface area contributed by atoms with E-state index in [-0.39, 0.29) is 0 Å². The average molecular weight is 196 g/mol. The van der Waals surface area contributed by atoms with Crippen LogP contribution in [0.5, 0.6) is 0 Å². The summed E-state index contributed by atoms with van der Waals surface area (Å²) in [5.74, 6) is -0.303. The topological polar surface area (TPSA) is 37.3 Å². The number of aliphatic carboxylic acids is 1. The highest BCUT2D eigenvalue weighted by atomic mass is 16.4. The molecule has 0 heterocycles. The summed E-state index contributed by atoms with van der Waals surface area (Å²) in [5.41, 5.74) is 1.35. The third kappa shape index (κ3) is 9.04. The number of hydrogen-bond acceptors (Lipinski definition) is 1. The van der Waals surface area contributed by atoms with E-state index in [0.29, 0.717) is 5.92 Å². The molecule has 14 heavy (non-hydrogen) atoms. The van der Waals surface area contributed by atoms with E-state index < -0.39 is 5.97 Å². The van der Waals surface area contributed by atoms with Crippen LogP contribution in [0.4, 0.5) is 0 Å². The first-order valence-corrected chi connectivity index (χ1v) is 5.05. The van der Waals surface area contributed by atoms with Crippen molar-refractivity contribution in [2.75, 3.05) is 0 Å². The SMILES string of the molecule is CC(C)=CCC[C@@H](C)C/C=C/C(=O)O. The number of carbonyl (C=O) groups is 1. The van der Waals surface area contributed by atoms with Crippen LogP contribution in [0.15, 0.2) is 23.8 Å². The number of allylic oxidation sites excluding steroid dienone is 3. The Kier molecular flexibility index (Phi) is 6.81.